The van der Waals surface area contributed by atoms with Gasteiger partial charge in [-0.3, -0.25) is 4.79 Å². The summed E-state index contributed by atoms with van der Waals surface area (Å²) in [5, 5.41) is 5.98. The average Bonchev–Trinajstić information content (AvgIpc) is 2.77. The van der Waals surface area contributed by atoms with Gasteiger partial charge in [0.2, 0.25) is 17.8 Å². The van der Waals surface area contributed by atoms with Crippen LogP contribution in [0.3, 0.4) is 0 Å². The minimum Gasteiger partial charge on any atom is -0.338 e. The number of aromatic nitrogens is 3. The molecular formula is C23H25FN6O. The zero-order valence-corrected chi connectivity index (χ0v) is 17.5. The third-order valence-corrected chi connectivity index (χ3v) is 5.50. The summed E-state index contributed by atoms with van der Waals surface area (Å²) in [6, 6.07) is 15.3. The van der Waals surface area contributed by atoms with Gasteiger partial charge in [0.15, 0.2) is 0 Å². The summed E-state index contributed by atoms with van der Waals surface area (Å²) in [4.78, 5) is 26.2. The monoisotopic (exact) mass is 420 g/mol. The molecule has 2 N–H and O–H groups in total. The molecule has 2 heterocycles. The molecule has 2 aromatic carbocycles. The van der Waals surface area contributed by atoms with Crippen molar-refractivity contribution in [2.45, 2.75) is 32.4 Å². The van der Waals surface area contributed by atoms with Crippen molar-refractivity contribution in [3.63, 3.8) is 0 Å². The largest absolute Gasteiger partial charge is 0.338 e. The van der Waals surface area contributed by atoms with E-state index in [1.807, 2.05) is 60.4 Å². The predicted molar refractivity (Wildman–Crippen MR) is 120 cm³/mol. The van der Waals surface area contributed by atoms with Crippen LogP contribution in [-0.4, -0.2) is 40.1 Å². The number of halogens is 1. The molecule has 8 heteroatoms. The number of benzene rings is 2. The highest BCUT2D eigenvalue weighted by Gasteiger charge is 2.31. The van der Waals surface area contributed by atoms with E-state index < -0.39 is 6.17 Å². The average molecular weight is 420 g/mol. The van der Waals surface area contributed by atoms with Gasteiger partial charge in [-0.25, -0.2) is 14.4 Å². The molecule has 1 aromatic heterocycles. The molecule has 1 aliphatic heterocycles. The lowest BCUT2D eigenvalue weighted by molar-refractivity contribution is -0.114. The van der Waals surface area contributed by atoms with E-state index in [2.05, 4.69) is 25.6 Å². The molecule has 4 rings (SSSR count). The Morgan fingerprint density at radius 3 is 2.61 bits per heavy atom. The quantitative estimate of drug-likeness (QED) is 0.643. The van der Waals surface area contributed by atoms with Gasteiger partial charge in [0.25, 0.3) is 0 Å². The molecule has 3 aromatic rings. The van der Waals surface area contributed by atoms with Gasteiger partial charge in [-0.15, -0.1) is 0 Å². The highest BCUT2D eigenvalue weighted by atomic mass is 19.1. The van der Waals surface area contributed by atoms with Crippen LogP contribution < -0.4 is 15.5 Å². The fourth-order valence-electron chi connectivity index (χ4n) is 3.88. The first-order valence-electron chi connectivity index (χ1n) is 10.3. The SMILES string of the molecule is CC(=O)Nc1cccc(Nc2ncnc(N3CC[C@@H](c4ccccc4)[C@H](F)C3)n2)c1C. The van der Waals surface area contributed by atoms with Gasteiger partial charge in [0.1, 0.15) is 12.5 Å². The fourth-order valence-corrected chi connectivity index (χ4v) is 3.88. The van der Waals surface area contributed by atoms with E-state index in [1.165, 1.54) is 13.3 Å². The number of nitrogens with zero attached hydrogens (tertiary/aromatic N) is 4. The third kappa shape index (κ3) is 4.79. The van der Waals surface area contributed by atoms with Gasteiger partial charge in [-0.05, 0) is 36.6 Å². The Morgan fingerprint density at radius 1 is 1.10 bits per heavy atom. The second-order valence-corrected chi connectivity index (χ2v) is 7.66. The number of amides is 1. The lowest BCUT2D eigenvalue weighted by Crippen LogP contribution is -2.41. The molecule has 31 heavy (non-hydrogen) atoms. The standard InChI is InChI=1S/C23H25FN6O/c1-15-20(27-16(2)31)9-6-10-21(15)28-22-25-14-26-23(29-22)30-12-11-18(19(24)13-30)17-7-4-3-5-8-17/h3-10,14,18-19H,11-13H2,1-2H3,(H,27,31)(H,25,26,28,29)/t18-,19+/m0/s1. The Hall–Kier alpha value is -3.55. The Balaban J connectivity index is 1.48. The van der Waals surface area contributed by atoms with Crippen LogP contribution in [0.2, 0.25) is 0 Å². The van der Waals surface area contributed by atoms with Gasteiger partial charge >= 0.3 is 0 Å². The zero-order chi connectivity index (χ0) is 21.8. The van der Waals surface area contributed by atoms with Crippen LogP contribution in [0.4, 0.5) is 27.7 Å². The number of alkyl halides is 1. The zero-order valence-electron chi connectivity index (χ0n) is 17.5. The van der Waals surface area contributed by atoms with Crippen molar-refractivity contribution in [1.29, 1.82) is 0 Å². The van der Waals surface area contributed by atoms with Crippen LogP contribution in [0.1, 0.15) is 30.4 Å². The molecule has 2 atom stereocenters. The number of hydrogen-bond acceptors (Lipinski definition) is 6. The summed E-state index contributed by atoms with van der Waals surface area (Å²) in [5.41, 5.74) is 3.39. The molecule has 0 aliphatic carbocycles. The smallest absolute Gasteiger partial charge is 0.232 e. The molecular weight excluding hydrogens is 395 g/mol. The Labute approximate surface area is 180 Å². The van der Waals surface area contributed by atoms with Crippen LogP contribution in [0.15, 0.2) is 54.9 Å². The number of anilines is 4. The topological polar surface area (TPSA) is 83.0 Å². The highest BCUT2D eigenvalue weighted by Crippen LogP contribution is 2.32. The predicted octanol–water partition coefficient (Wildman–Crippen LogP) is 4.21. The van der Waals surface area contributed by atoms with Crippen LogP contribution >= 0.6 is 0 Å². The van der Waals surface area contributed by atoms with Gasteiger partial charge in [0, 0.05) is 30.8 Å². The highest BCUT2D eigenvalue weighted by molar-refractivity contribution is 5.90. The van der Waals surface area contributed by atoms with Crippen molar-refractivity contribution in [1.82, 2.24) is 15.0 Å². The van der Waals surface area contributed by atoms with Crippen LogP contribution in [0.5, 0.6) is 0 Å². The van der Waals surface area contributed by atoms with Gasteiger partial charge in [-0.2, -0.15) is 4.98 Å². The number of carbonyl (C=O) groups is 1. The van der Waals surface area contributed by atoms with E-state index in [1.54, 1.807) is 0 Å². The van der Waals surface area contributed by atoms with Crippen molar-refractivity contribution in [3.05, 3.63) is 66.0 Å². The first-order chi connectivity index (χ1) is 15.0. The lowest BCUT2D eigenvalue weighted by Gasteiger charge is -2.34. The molecule has 0 spiro atoms. The molecule has 0 unspecified atom stereocenters. The third-order valence-electron chi connectivity index (χ3n) is 5.50. The lowest BCUT2D eigenvalue weighted by atomic mass is 9.88. The maximum atomic E-state index is 15.0. The normalized spacial score (nSPS) is 18.5. The molecule has 1 aliphatic rings. The summed E-state index contributed by atoms with van der Waals surface area (Å²) in [7, 11) is 0. The first-order valence-corrected chi connectivity index (χ1v) is 10.3. The number of piperidine rings is 1. The second-order valence-electron chi connectivity index (χ2n) is 7.66. The van der Waals surface area contributed by atoms with E-state index in [-0.39, 0.29) is 18.4 Å². The Bertz CT molecular complexity index is 1060. The Morgan fingerprint density at radius 2 is 1.87 bits per heavy atom. The van der Waals surface area contributed by atoms with Crippen molar-refractivity contribution >= 4 is 29.2 Å². The van der Waals surface area contributed by atoms with Crippen LogP contribution in [0.25, 0.3) is 0 Å². The molecule has 0 bridgehead atoms. The van der Waals surface area contributed by atoms with Gasteiger partial charge in [0.05, 0.1) is 6.54 Å². The van der Waals surface area contributed by atoms with Crippen molar-refractivity contribution in [3.8, 4) is 0 Å². The number of rotatable bonds is 5. The maximum Gasteiger partial charge on any atom is 0.232 e. The molecule has 1 saturated heterocycles. The van der Waals surface area contributed by atoms with Crippen LogP contribution in [-0.2, 0) is 4.79 Å². The molecule has 160 valence electrons. The van der Waals surface area contributed by atoms with Gasteiger partial charge < -0.3 is 15.5 Å². The molecule has 7 nitrogen and oxygen atoms in total. The summed E-state index contributed by atoms with van der Waals surface area (Å²) < 4.78 is 15.0. The van der Waals surface area contributed by atoms with E-state index in [0.29, 0.717) is 24.9 Å². The van der Waals surface area contributed by atoms with Gasteiger partial charge in [-0.1, -0.05) is 36.4 Å². The number of carbonyl (C=O) groups excluding carboxylic acids is 1. The molecule has 1 fully saturated rings. The minimum atomic E-state index is -0.999. The number of hydrogen-bond donors (Lipinski definition) is 2. The summed E-state index contributed by atoms with van der Waals surface area (Å²) in [6.07, 6.45) is 1.12. The second kappa shape index (κ2) is 9.07. The van der Waals surface area contributed by atoms with E-state index in [0.717, 1.165) is 22.5 Å². The first kappa shape index (κ1) is 20.7. The molecule has 0 radical (unpaired) electrons. The van der Waals surface area contributed by atoms with Crippen molar-refractivity contribution in [2.75, 3.05) is 28.6 Å². The maximum absolute atomic E-state index is 15.0. The summed E-state index contributed by atoms with van der Waals surface area (Å²) >= 11 is 0. The summed E-state index contributed by atoms with van der Waals surface area (Å²) in [6.45, 7) is 4.27. The van der Waals surface area contributed by atoms with E-state index in [4.69, 9.17) is 0 Å². The van der Waals surface area contributed by atoms with E-state index >= 15 is 0 Å². The van der Waals surface area contributed by atoms with E-state index in [9.17, 15) is 9.18 Å². The molecule has 0 saturated carbocycles. The molecule has 1 amide bonds. The number of nitrogens with one attached hydrogen (secondary N) is 2. The van der Waals surface area contributed by atoms with Crippen molar-refractivity contribution < 1.29 is 9.18 Å². The van der Waals surface area contributed by atoms with Crippen molar-refractivity contribution in [2.24, 2.45) is 0 Å². The summed E-state index contributed by atoms with van der Waals surface area (Å²) in [5.74, 6) is 0.564. The van der Waals surface area contributed by atoms with Crippen LogP contribution in [0, 0.1) is 6.92 Å². The Kier molecular flexibility index (Phi) is 6.06. The fraction of sp³-hybridized carbons (Fsp3) is 0.304. The minimum absolute atomic E-state index is 0.115.